The molecule has 2 N–H and O–H groups in total. The predicted molar refractivity (Wildman–Crippen MR) is 136 cm³/mol. The first-order valence-corrected chi connectivity index (χ1v) is 12.9. The lowest BCUT2D eigenvalue weighted by Crippen LogP contribution is -2.11. The molecule has 0 radical (unpaired) electrons. The summed E-state index contributed by atoms with van der Waals surface area (Å²) < 4.78 is 7.66. The lowest BCUT2D eigenvalue weighted by molar-refractivity contribution is 0.1000. The van der Waals surface area contributed by atoms with Gasteiger partial charge in [0.2, 0.25) is 5.91 Å². The molecular weight excluding hydrogens is 537 g/mol. The molecule has 0 aliphatic carbocycles. The number of ether oxygens (including phenoxy) is 1. The Balaban J connectivity index is 1.83. The SMILES string of the molecule is COc1cc(-c2cn(SI)c3ncc(C(N)=O)cc23)cc2c(-c3cccnc3)ccnc12. The van der Waals surface area contributed by atoms with E-state index >= 15 is 0 Å². The second-order valence-corrected chi connectivity index (χ2v) is 8.78. The minimum absolute atomic E-state index is 0.362. The first kappa shape index (κ1) is 20.7. The Kier molecular flexibility index (Phi) is 5.43. The van der Waals surface area contributed by atoms with Crippen molar-refractivity contribution >= 4 is 58.2 Å². The molecule has 7 nitrogen and oxygen atoms in total. The quantitative estimate of drug-likeness (QED) is 0.298. The van der Waals surface area contributed by atoms with Crippen LogP contribution >= 0.6 is 30.3 Å². The van der Waals surface area contributed by atoms with Gasteiger partial charge >= 0.3 is 0 Å². The number of nitrogens with zero attached hydrogens (tertiary/aromatic N) is 4. The average molecular weight is 553 g/mol. The molecule has 5 rings (SSSR count). The Morgan fingerprint density at radius 2 is 1.94 bits per heavy atom. The maximum Gasteiger partial charge on any atom is 0.250 e. The van der Waals surface area contributed by atoms with Crippen LogP contribution in [0.1, 0.15) is 10.4 Å². The second-order valence-electron chi connectivity index (χ2n) is 7.07. The van der Waals surface area contributed by atoms with Crippen LogP contribution in [0.2, 0.25) is 0 Å². The number of benzene rings is 1. The molecule has 9 heteroatoms. The van der Waals surface area contributed by atoms with E-state index in [4.69, 9.17) is 10.5 Å². The highest BCUT2D eigenvalue weighted by molar-refractivity contribution is 14.2. The molecule has 0 fully saturated rings. The molecule has 32 heavy (non-hydrogen) atoms. The van der Waals surface area contributed by atoms with Crippen LogP contribution in [-0.4, -0.2) is 31.9 Å². The van der Waals surface area contributed by atoms with Crippen molar-refractivity contribution in [2.75, 3.05) is 7.11 Å². The Bertz CT molecular complexity index is 1490. The van der Waals surface area contributed by atoms with E-state index in [1.54, 1.807) is 25.6 Å². The molecule has 0 aliphatic rings. The third-order valence-electron chi connectivity index (χ3n) is 5.28. The molecule has 0 saturated carbocycles. The van der Waals surface area contributed by atoms with Gasteiger partial charge in [0.05, 0.1) is 12.7 Å². The summed E-state index contributed by atoms with van der Waals surface area (Å²) in [7, 11) is 3.13. The molecule has 4 aromatic heterocycles. The van der Waals surface area contributed by atoms with Crippen molar-refractivity contribution < 1.29 is 9.53 Å². The van der Waals surface area contributed by atoms with Crippen LogP contribution in [0.15, 0.2) is 67.4 Å². The van der Waals surface area contributed by atoms with Gasteiger partial charge in [-0.3, -0.25) is 18.7 Å². The summed E-state index contributed by atoms with van der Waals surface area (Å²) in [5, 5.41) is 1.77. The van der Waals surface area contributed by atoms with Crippen LogP contribution in [0.4, 0.5) is 0 Å². The average Bonchev–Trinajstić information content (AvgIpc) is 3.21. The minimum atomic E-state index is -0.514. The molecule has 0 saturated heterocycles. The number of hydrogen-bond acceptors (Lipinski definition) is 6. The summed E-state index contributed by atoms with van der Waals surface area (Å²) in [5.41, 5.74) is 11.2. The molecule has 0 aliphatic heterocycles. The Labute approximate surface area is 199 Å². The molecule has 5 aromatic rings. The van der Waals surface area contributed by atoms with Crippen molar-refractivity contribution in [3.8, 4) is 28.0 Å². The van der Waals surface area contributed by atoms with Crippen LogP contribution < -0.4 is 10.5 Å². The first-order chi connectivity index (χ1) is 15.6. The number of amides is 1. The molecule has 0 atom stereocenters. The Morgan fingerprint density at radius 3 is 2.66 bits per heavy atom. The third kappa shape index (κ3) is 3.47. The van der Waals surface area contributed by atoms with Gasteiger partial charge in [0.15, 0.2) is 5.65 Å². The van der Waals surface area contributed by atoms with Crippen LogP contribution in [0, 0.1) is 0 Å². The number of nitrogens with two attached hydrogens (primary N) is 1. The number of carbonyl (C=O) groups excluding carboxylic acids is 1. The summed E-state index contributed by atoms with van der Waals surface area (Å²) in [6.45, 7) is 0. The zero-order valence-corrected chi connectivity index (χ0v) is 19.8. The van der Waals surface area contributed by atoms with Crippen LogP contribution in [-0.2, 0) is 0 Å². The number of methoxy groups -OCH3 is 1. The molecule has 158 valence electrons. The fraction of sp³-hybridized carbons (Fsp3) is 0.0435. The van der Waals surface area contributed by atoms with Crippen molar-refractivity contribution in [3.05, 3.63) is 72.9 Å². The van der Waals surface area contributed by atoms with Gasteiger partial charge in [0.1, 0.15) is 11.3 Å². The molecule has 4 heterocycles. The van der Waals surface area contributed by atoms with Crippen molar-refractivity contribution in [2.45, 2.75) is 0 Å². The Morgan fingerprint density at radius 1 is 1.06 bits per heavy atom. The van der Waals surface area contributed by atoms with E-state index < -0.39 is 5.91 Å². The molecule has 1 amide bonds. The van der Waals surface area contributed by atoms with Gasteiger partial charge in [-0.2, -0.15) is 0 Å². The lowest BCUT2D eigenvalue weighted by Gasteiger charge is -2.12. The number of fused-ring (bicyclic) bond motifs is 2. The lowest BCUT2D eigenvalue weighted by atomic mass is 9.97. The van der Waals surface area contributed by atoms with Crippen molar-refractivity contribution in [1.29, 1.82) is 0 Å². The maximum atomic E-state index is 11.8. The highest BCUT2D eigenvalue weighted by atomic mass is 127. The Hall–Kier alpha value is -3.18. The standard InChI is InChI=1S/C23H16IN5O2S/c1-31-20-9-14(7-17-16(4-6-27-21(17)20)13-3-2-5-26-10-13)19-12-29(32-24)23-18(19)8-15(11-28-23)22(25)30/h2-12H,1H3,(H2,25,30). The summed E-state index contributed by atoms with van der Waals surface area (Å²) in [5.74, 6) is 0.143. The van der Waals surface area contributed by atoms with Gasteiger partial charge < -0.3 is 10.5 Å². The summed E-state index contributed by atoms with van der Waals surface area (Å²) in [6.07, 6.45) is 8.85. The normalized spacial score (nSPS) is 11.2. The van der Waals surface area contributed by atoms with Gasteiger partial charge in [-0.1, -0.05) is 6.07 Å². The summed E-state index contributed by atoms with van der Waals surface area (Å²) >= 11 is 2.20. The summed E-state index contributed by atoms with van der Waals surface area (Å²) in [4.78, 5) is 25.1. The van der Waals surface area contributed by atoms with Crippen molar-refractivity contribution in [2.24, 2.45) is 5.73 Å². The zero-order chi connectivity index (χ0) is 22.2. The van der Waals surface area contributed by atoms with Crippen LogP contribution in [0.5, 0.6) is 5.75 Å². The maximum absolute atomic E-state index is 11.8. The molecular formula is C23H16IN5O2S. The molecule has 1 aromatic carbocycles. The zero-order valence-electron chi connectivity index (χ0n) is 16.8. The fourth-order valence-corrected chi connectivity index (χ4v) is 5.06. The van der Waals surface area contributed by atoms with E-state index in [1.165, 1.54) is 15.3 Å². The van der Waals surface area contributed by atoms with Crippen molar-refractivity contribution in [1.82, 2.24) is 18.9 Å². The van der Waals surface area contributed by atoms with Crippen LogP contribution in [0.25, 0.3) is 44.2 Å². The van der Waals surface area contributed by atoms with E-state index in [0.717, 1.165) is 44.2 Å². The van der Waals surface area contributed by atoms with Gasteiger partial charge in [-0.15, -0.1) is 0 Å². The number of aromatic nitrogens is 4. The number of halogens is 1. The molecule has 0 bridgehead atoms. The molecule has 0 spiro atoms. The summed E-state index contributed by atoms with van der Waals surface area (Å²) in [6, 6.07) is 11.7. The predicted octanol–water partition coefficient (Wildman–Crippen LogP) is 5.27. The number of pyridine rings is 3. The van der Waals surface area contributed by atoms with Gasteiger partial charge in [-0.05, 0) is 41.5 Å². The topological polar surface area (TPSA) is 95.9 Å². The van der Waals surface area contributed by atoms with Gasteiger partial charge in [0, 0.05) is 83.2 Å². The van der Waals surface area contributed by atoms with Gasteiger partial charge in [0.25, 0.3) is 0 Å². The first-order valence-electron chi connectivity index (χ1n) is 9.58. The molecule has 0 unspecified atom stereocenters. The van der Waals surface area contributed by atoms with Crippen LogP contribution in [0.3, 0.4) is 0 Å². The highest BCUT2D eigenvalue weighted by Gasteiger charge is 2.18. The van der Waals surface area contributed by atoms with E-state index in [0.29, 0.717) is 11.3 Å². The van der Waals surface area contributed by atoms with Crippen molar-refractivity contribution in [3.63, 3.8) is 0 Å². The minimum Gasteiger partial charge on any atom is -0.494 e. The number of primary amides is 1. The smallest absolute Gasteiger partial charge is 0.250 e. The number of carbonyl (C=O) groups is 1. The number of hydrogen-bond donors (Lipinski definition) is 1. The largest absolute Gasteiger partial charge is 0.494 e. The van der Waals surface area contributed by atoms with E-state index in [2.05, 4.69) is 42.2 Å². The second kappa shape index (κ2) is 8.40. The monoisotopic (exact) mass is 553 g/mol. The van der Waals surface area contributed by atoms with Gasteiger partial charge in [-0.25, -0.2) is 4.98 Å². The van der Waals surface area contributed by atoms with E-state index in [-0.39, 0.29) is 0 Å². The van der Waals surface area contributed by atoms with E-state index in [9.17, 15) is 4.79 Å². The third-order valence-corrected chi connectivity index (χ3v) is 6.98. The number of rotatable bonds is 5. The highest BCUT2D eigenvalue weighted by Crippen LogP contribution is 2.40. The van der Waals surface area contributed by atoms with E-state index in [1.807, 2.05) is 40.6 Å². The fourth-order valence-electron chi connectivity index (χ4n) is 3.80.